The first-order chi connectivity index (χ1) is 13.3. The summed E-state index contributed by atoms with van der Waals surface area (Å²) >= 11 is 2.99. The van der Waals surface area contributed by atoms with Gasteiger partial charge in [-0.25, -0.2) is 9.97 Å². The minimum Gasteiger partial charge on any atom is -0.462 e. The van der Waals surface area contributed by atoms with Crippen LogP contribution >= 0.6 is 22.7 Å². The van der Waals surface area contributed by atoms with Crippen molar-refractivity contribution >= 4 is 34.5 Å². The zero-order chi connectivity index (χ0) is 18.2. The van der Waals surface area contributed by atoms with Crippen LogP contribution in [0.3, 0.4) is 0 Å². The molecule has 3 aromatic heterocycles. The van der Waals surface area contributed by atoms with E-state index in [1.165, 1.54) is 22.7 Å². The van der Waals surface area contributed by atoms with Gasteiger partial charge in [0.25, 0.3) is 0 Å². The number of fused-ring (bicyclic) bond motifs is 1. The number of ketones is 1. The van der Waals surface area contributed by atoms with Crippen molar-refractivity contribution < 1.29 is 9.21 Å². The van der Waals surface area contributed by atoms with E-state index in [4.69, 9.17) is 9.40 Å². The van der Waals surface area contributed by atoms with Crippen molar-refractivity contribution in [3.8, 4) is 21.3 Å². The second kappa shape index (κ2) is 6.72. The Morgan fingerprint density at radius 3 is 2.70 bits per heavy atom. The van der Waals surface area contributed by atoms with Crippen LogP contribution in [-0.2, 0) is 6.42 Å². The standard InChI is InChI=1S/C21H14N2O2S2/c24-18-14(11-15-12-26-21(22-15)17-7-4-10-25-17)8-9-16-19(18)27-20(23-16)13-5-2-1-3-6-13/h1-7,10-12H,8-9H2/b14-11-. The highest BCUT2D eigenvalue weighted by molar-refractivity contribution is 7.17. The summed E-state index contributed by atoms with van der Waals surface area (Å²) in [4.78, 5) is 23.0. The molecule has 0 bridgehead atoms. The average molecular weight is 390 g/mol. The number of hydrogen-bond acceptors (Lipinski definition) is 6. The molecule has 0 fully saturated rings. The summed E-state index contributed by atoms with van der Waals surface area (Å²) in [6, 6.07) is 13.7. The molecule has 6 heteroatoms. The normalized spacial score (nSPS) is 15.3. The van der Waals surface area contributed by atoms with Crippen LogP contribution in [-0.4, -0.2) is 15.8 Å². The zero-order valence-corrected chi connectivity index (χ0v) is 15.8. The van der Waals surface area contributed by atoms with Crippen molar-refractivity contribution in [2.45, 2.75) is 12.8 Å². The number of aryl methyl sites for hydroxylation is 1. The van der Waals surface area contributed by atoms with Crippen LogP contribution in [0.15, 0.2) is 64.1 Å². The molecule has 27 heavy (non-hydrogen) atoms. The maximum Gasteiger partial charge on any atom is 0.200 e. The number of aromatic nitrogens is 2. The van der Waals surface area contributed by atoms with Gasteiger partial charge in [0, 0.05) is 16.5 Å². The molecule has 0 aliphatic heterocycles. The van der Waals surface area contributed by atoms with E-state index < -0.39 is 0 Å². The highest BCUT2D eigenvalue weighted by atomic mass is 32.1. The lowest BCUT2D eigenvalue weighted by molar-refractivity contribution is 0.103. The van der Waals surface area contributed by atoms with Crippen molar-refractivity contribution in [2.75, 3.05) is 0 Å². The molecule has 1 aromatic carbocycles. The Morgan fingerprint density at radius 2 is 1.89 bits per heavy atom. The molecule has 1 aliphatic rings. The number of carbonyl (C=O) groups excluding carboxylic acids is 1. The number of carbonyl (C=O) groups is 1. The second-order valence-electron chi connectivity index (χ2n) is 6.21. The second-order valence-corrected chi connectivity index (χ2v) is 8.07. The first-order valence-electron chi connectivity index (χ1n) is 8.58. The molecule has 4 aromatic rings. The molecule has 3 heterocycles. The van der Waals surface area contributed by atoms with E-state index in [-0.39, 0.29) is 5.78 Å². The number of rotatable bonds is 3. The molecule has 0 unspecified atom stereocenters. The number of Topliss-reactive ketones (excluding diaryl/α,β-unsaturated/α-hetero) is 1. The molecule has 132 valence electrons. The zero-order valence-electron chi connectivity index (χ0n) is 14.2. The third-order valence-corrected chi connectivity index (χ3v) is 6.44. The minimum absolute atomic E-state index is 0.0727. The Hall–Kier alpha value is -2.83. The van der Waals surface area contributed by atoms with E-state index in [9.17, 15) is 4.79 Å². The lowest BCUT2D eigenvalue weighted by Crippen LogP contribution is -2.12. The lowest BCUT2D eigenvalue weighted by Gasteiger charge is -2.11. The smallest absolute Gasteiger partial charge is 0.200 e. The number of nitrogens with zero attached hydrogens (tertiary/aromatic N) is 2. The van der Waals surface area contributed by atoms with Gasteiger partial charge in [0.05, 0.1) is 22.5 Å². The van der Waals surface area contributed by atoms with Crippen LogP contribution in [0.4, 0.5) is 0 Å². The first kappa shape index (κ1) is 16.4. The van der Waals surface area contributed by atoms with Crippen molar-refractivity contribution in [3.05, 3.63) is 75.9 Å². The molecular formula is C21H14N2O2S2. The predicted molar refractivity (Wildman–Crippen MR) is 108 cm³/mol. The molecule has 1 aliphatic carbocycles. The van der Waals surface area contributed by atoms with Gasteiger partial charge in [0.1, 0.15) is 5.01 Å². The summed E-state index contributed by atoms with van der Waals surface area (Å²) in [6.07, 6.45) is 5.01. The maximum absolute atomic E-state index is 13.0. The predicted octanol–water partition coefficient (Wildman–Crippen LogP) is 5.74. The molecule has 0 saturated heterocycles. The summed E-state index contributed by atoms with van der Waals surface area (Å²) in [5.41, 5.74) is 3.56. The lowest BCUT2D eigenvalue weighted by atomic mass is 9.95. The molecule has 0 amide bonds. The van der Waals surface area contributed by atoms with Gasteiger partial charge in [-0.05, 0) is 31.1 Å². The molecule has 0 atom stereocenters. The van der Waals surface area contributed by atoms with E-state index in [0.717, 1.165) is 49.6 Å². The van der Waals surface area contributed by atoms with Crippen molar-refractivity contribution in [1.29, 1.82) is 0 Å². The van der Waals surface area contributed by atoms with Crippen LogP contribution in [0.2, 0.25) is 0 Å². The maximum atomic E-state index is 13.0. The quantitative estimate of drug-likeness (QED) is 0.419. The SMILES string of the molecule is O=C1/C(=C\c2csc(-c3ccco3)n2)CCc2nc(-c3ccccc3)sc21. The van der Waals surface area contributed by atoms with Crippen LogP contribution in [0.25, 0.3) is 27.4 Å². The van der Waals surface area contributed by atoms with Gasteiger partial charge in [0.15, 0.2) is 10.8 Å². The van der Waals surface area contributed by atoms with Crippen LogP contribution < -0.4 is 0 Å². The van der Waals surface area contributed by atoms with Crippen LogP contribution in [0, 0.1) is 0 Å². The van der Waals surface area contributed by atoms with Gasteiger partial charge in [-0.1, -0.05) is 30.3 Å². The average Bonchev–Trinajstić information content (AvgIpc) is 3.45. The summed E-state index contributed by atoms with van der Waals surface area (Å²) < 4.78 is 5.39. The fourth-order valence-corrected chi connectivity index (χ4v) is 4.93. The molecule has 4 nitrogen and oxygen atoms in total. The van der Waals surface area contributed by atoms with Gasteiger partial charge < -0.3 is 4.42 Å². The van der Waals surface area contributed by atoms with E-state index in [0.29, 0.717) is 6.42 Å². The van der Waals surface area contributed by atoms with E-state index in [1.54, 1.807) is 6.26 Å². The molecule has 0 N–H and O–H groups in total. The van der Waals surface area contributed by atoms with Gasteiger partial charge in [-0.3, -0.25) is 4.79 Å². The summed E-state index contributed by atoms with van der Waals surface area (Å²) in [7, 11) is 0. The van der Waals surface area contributed by atoms with Gasteiger partial charge in [0.2, 0.25) is 5.78 Å². The topological polar surface area (TPSA) is 56.0 Å². The van der Waals surface area contributed by atoms with E-state index in [2.05, 4.69) is 4.98 Å². The number of benzene rings is 1. The Bertz CT molecular complexity index is 1140. The summed E-state index contributed by atoms with van der Waals surface area (Å²) in [5, 5.41) is 3.68. The Labute approximate surface area is 163 Å². The molecule has 0 saturated carbocycles. The number of allylic oxidation sites excluding steroid dienone is 1. The number of furan rings is 1. The largest absolute Gasteiger partial charge is 0.462 e. The van der Waals surface area contributed by atoms with E-state index in [1.807, 2.05) is 53.9 Å². The van der Waals surface area contributed by atoms with Crippen molar-refractivity contribution in [2.24, 2.45) is 0 Å². The Kier molecular flexibility index (Phi) is 4.07. The van der Waals surface area contributed by atoms with Gasteiger partial charge in [-0.2, -0.15) is 0 Å². The third-order valence-electron chi connectivity index (χ3n) is 4.42. The third kappa shape index (κ3) is 3.07. The number of hydrogen-bond donors (Lipinski definition) is 0. The van der Waals surface area contributed by atoms with E-state index >= 15 is 0 Å². The van der Waals surface area contributed by atoms with Crippen molar-refractivity contribution in [3.63, 3.8) is 0 Å². The van der Waals surface area contributed by atoms with Crippen LogP contribution in [0.1, 0.15) is 27.5 Å². The Morgan fingerprint density at radius 1 is 1.00 bits per heavy atom. The fraction of sp³-hybridized carbons (Fsp3) is 0.0952. The van der Waals surface area contributed by atoms with Gasteiger partial charge in [-0.15, -0.1) is 22.7 Å². The van der Waals surface area contributed by atoms with Crippen molar-refractivity contribution in [1.82, 2.24) is 9.97 Å². The molecular weight excluding hydrogens is 376 g/mol. The number of thiazole rings is 2. The minimum atomic E-state index is 0.0727. The highest BCUT2D eigenvalue weighted by Crippen LogP contribution is 2.35. The highest BCUT2D eigenvalue weighted by Gasteiger charge is 2.26. The van der Waals surface area contributed by atoms with Crippen LogP contribution in [0.5, 0.6) is 0 Å². The Balaban J connectivity index is 1.45. The fourth-order valence-electron chi connectivity index (χ4n) is 3.10. The molecule has 5 rings (SSSR count). The van der Waals surface area contributed by atoms with Gasteiger partial charge >= 0.3 is 0 Å². The molecule has 0 radical (unpaired) electrons. The summed E-state index contributed by atoms with van der Waals surface area (Å²) in [5.74, 6) is 0.820. The first-order valence-corrected chi connectivity index (χ1v) is 10.3. The summed E-state index contributed by atoms with van der Waals surface area (Å²) in [6.45, 7) is 0. The monoisotopic (exact) mass is 390 g/mol. The molecule has 0 spiro atoms.